The van der Waals surface area contributed by atoms with Gasteiger partial charge in [-0.1, -0.05) is 54.6 Å². The Hall–Kier alpha value is -3.11. The van der Waals surface area contributed by atoms with Gasteiger partial charge in [-0.25, -0.2) is 0 Å². The van der Waals surface area contributed by atoms with Crippen molar-refractivity contribution in [2.75, 3.05) is 7.11 Å². The van der Waals surface area contributed by atoms with Crippen molar-refractivity contribution >= 4 is 5.78 Å². The van der Waals surface area contributed by atoms with E-state index in [-0.39, 0.29) is 5.78 Å². The largest absolute Gasteiger partial charge is 0.496 e. The summed E-state index contributed by atoms with van der Waals surface area (Å²) in [5, 5.41) is 12.0. The summed E-state index contributed by atoms with van der Waals surface area (Å²) < 4.78 is 11.7. The van der Waals surface area contributed by atoms with E-state index in [0.29, 0.717) is 33.8 Å². The van der Waals surface area contributed by atoms with Crippen LogP contribution in [0.1, 0.15) is 38.7 Å². The van der Waals surface area contributed by atoms with Crippen LogP contribution in [-0.4, -0.2) is 18.0 Å². The van der Waals surface area contributed by atoms with Crippen molar-refractivity contribution in [1.82, 2.24) is 0 Å². The summed E-state index contributed by atoms with van der Waals surface area (Å²) in [5.74, 6) is 0.881. The molecule has 5 rings (SSSR count). The van der Waals surface area contributed by atoms with E-state index in [1.807, 2.05) is 30.3 Å². The molecule has 4 nitrogen and oxygen atoms in total. The first-order valence-corrected chi connectivity index (χ1v) is 8.46. The predicted molar refractivity (Wildman–Crippen MR) is 95.7 cm³/mol. The number of methoxy groups -OCH3 is 1. The average molecular weight is 344 g/mol. The molecule has 1 aliphatic heterocycles. The minimum Gasteiger partial charge on any atom is -0.496 e. The Labute approximate surface area is 150 Å². The van der Waals surface area contributed by atoms with Gasteiger partial charge in [0.25, 0.3) is 0 Å². The second kappa shape index (κ2) is 5.19. The molecule has 26 heavy (non-hydrogen) atoms. The van der Waals surface area contributed by atoms with E-state index in [2.05, 4.69) is 0 Å². The zero-order valence-corrected chi connectivity index (χ0v) is 14.1. The molecule has 0 radical (unpaired) electrons. The third kappa shape index (κ3) is 1.74. The highest BCUT2D eigenvalue weighted by Crippen LogP contribution is 2.58. The van der Waals surface area contributed by atoms with Gasteiger partial charge in [-0.15, -0.1) is 0 Å². The number of rotatable bonds is 2. The number of fused-ring (bicyclic) bond motifs is 2. The molecule has 0 unspecified atom stereocenters. The summed E-state index contributed by atoms with van der Waals surface area (Å²) >= 11 is 0. The van der Waals surface area contributed by atoms with Crippen LogP contribution in [0.2, 0.25) is 0 Å². The Balaban J connectivity index is 1.88. The summed E-state index contributed by atoms with van der Waals surface area (Å²) in [6.45, 7) is 0. The number of hydrogen-bond donors (Lipinski definition) is 1. The number of carbonyl (C=O) groups excluding carboxylic acids is 1. The molecule has 0 saturated heterocycles. The van der Waals surface area contributed by atoms with Gasteiger partial charge in [-0.05, 0) is 17.7 Å². The Morgan fingerprint density at radius 1 is 0.923 bits per heavy atom. The second-order valence-electron chi connectivity index (χ2n) is 6.57. The minimum atomic E-state index is -1.50. The summed E-state index contributed by atoms with van der Waals surface area (Å²) in [4.78, 5) is 13.1. The number of carbonyl (C=O) groups is 1. The molecule has 1 aliphatic carbocycles. The maximum atomic E-state index is 13.1. The standard InChI is InChI=1S/C22H16O4/c1-25-16-11-5-9-14-18(16)22(24)19-15(20(14)23)10-6-12-17(19)26-21(22)13-7-3-2-4-8-13/h2-12,21,24H,1H3/t21-,22-/m1/s1. The van der Waals surface area contributed by atoms with Crippen molar-refractivity contribution in [3.05, 3.63) is 94.5 Å². The van der Waals surface area contributed by atoms with Crippen LogP contribution in [0.4, 0.5) is 0 Å². The normalized spacial score (nSPS) is 22.4. The topological polar surface area (TPSA) is 55.8 Å². The van der Waals surface area contributed by atoms with E-state index in [0.717, 1.165) is 5.56 Å². The van der Waals surface area contributed by atoms with Crippen molar-refractivity contribution in [2.45, 2.75) is 11.7 Å². The predicted octanol–water partition coefficient (Wildman–Crippen LogP) is 3.61. The van der Waals surface area contributed by atoms with Gasteiger partial charge in [-0.3, -0.25) is 4.79 Å². The summed E-state index contributed by atoms with van der Waals surface area (Å²) in [7, 11) is 1.54. The van der Waals surface area contributed by atoms with Crippen molar-refractivity contribution in [1.29, 1.82) is 0 Å². The molecule has 0 aromatic heterocycles. The van der Waals surface area contributed by atoms with Gasteiger partial charge in [-0.2, -0.15) is 0 Å². The van der Waals surface area contributed by atoms with Gasteiger partial charge in [0.15, 0.2) is 17.5 Å². The summed E-state index contributed by atoms with van der Waals surface area (Å²) in [5.41, 5.74) is 1.26. The molecule has 0 amide bonds. The van der Waals surface area contributed by atoms with Crippen LogP contribution in [0, 0.1) is 0 Å². The second-order valence-corrected chi connectivity index (χ2v) is 6.57. The summed E-state index contributed by atoms with van der Waals surface area (Å²) in [6, 6.07) is 20.1. The third-order valence-electron chi connectivity index (χ3n) is 5.25. The molecule has 2 aliphatic rings. The molecular weight excluding hydrogens is 328 g/mol. The van der Waals surface area contributed by atoms with E-state index in [1.165, 1.54) is 7.11 Å². The third-order valence-corrected chi connectivity index (χ3v) is 5.25. The molecule has 0 bridgehead atoms. The van der Waals surface area contributed by atoms with Crippen molar-refractivity contribution in [2.24, 2.45) is 0 Å². The molecule has 0 fully saturated rings. The zero-order chi connectivity index (χ0) is 17.9. The van der Waals surface area contributed by atoms with Gasteiger partial charge in [0.05, 0.1) is 7.11 Å². The highest BCUT2D eigenvalue weighted by Gasteiger charge is 2.57. The number of ketones is 1. The lowest BCUT2D eigenvalue weighted by molar-refractivity contribution is -0.0108. The fourth-order valence-electron chi connectivity index (χ4n) is 4.18. The SMILES string of the molecule is COc1cccc2c1[C@@]1(O)c3c(cccc3C2=O)O[C@@H]1c1ccccc1. The van der Waals surface area contributed by atoms with Crippen molar-refractivity contribution < 1.29 is 19.4 Å². The quantitative estimate of drug-likeness (QED) is 0.772. The van der Waals surface area contributed by atoms with E-state index in [4.69, 9.17) is 9.47 Å². The van der Waals surface area contributed by atoms with Crippen molar-refractivity contribution in [3.8, 4) is 11.5 Å². The Kier molecular flexibility index (Phi) is 3.03. The van der Waals surface area contributed by atoms with Crippen LogP contribution in [-0.2, 0) is 5.60 Å². The molecule has 2 atom stereocenters. The lowest BCUT2D eigenvalue weighted by atomic mass is 9.71. The fourth-order valence-corrected chi connectivity index (χ4v) is 4.18. The van der Waals surface area contributed by atoms with Crippen molar-refractivity contribution in [3.63, 3.8) is 0 Å². The number of benzene rings is 3. The van der Waals surface area contributed by atoms with Gasteiger partial charge in [0.1, 0.15) is 11.5 Å². The van der Waals surface area contributed by atoms with E-state index in [9.17, 15) is 9.90 Å². The minimum absolute atomic E-state index is 0.127. The molecule has 0 spiro atoms. The van der Waals surface area contributed by atoms with Crippen LogP contribution < -0.4 is 9.47 Å². The van der Waals surface area contributed by atoms with Crippen LogP contribution in [0.15, 0.2) is 66.7 Å². The zero-order valence-electron chi connectivity index (χ0n) is 14.1. The number of ether oxygens (including phenoxy) is 2. The molecule has 1 N–H and O–H groups in total. The molecular formula is C22H16O4. The van der Waals surface area contributed by atoms with Crippen LogP contribution in [0.5, 0.6) is 11.5 Å². The van der Waals surface area contributed by atoms with E-state index < -0.39 is 11.7 Å². The Morgan fingerprint density at radius 2 is 1.62 bits per heavy atom. The molecule has 0 saturated carbocycles. The van der Waals surface area contributed by atoms with Gasteiger partial charge < -0.3 is 14.6 Å². The van der Waals surface area contributed by atoms with Gasteiger partial charge in [0.2, 0.25) is 0 Å². The lowest BCUT2D eigenvalue weighted by Crippen LogP contribution is -2.39. The number of aliphatic hydroxyl groups is 1. The molecule has 3 aromatic carbocycles. The maximum absolute atomic E-state index is 13.1. The first-order chi connectivity index (χ1) is 12.7. The van der Waals surface area contributed by atoms with Crippen LogP contribution in [0.3, 0.4) is 0 Å². The van der Waals surface area contributed by atoms with Gasteiger partial charge in [0, 0.05) is 22.3 Å². The van der Waals surface area contributed by atoms with E-state index in [1.54, 1.807) is 36.4 Å². The number of hydrogen-bond acceptors (Lipinski definition) is 4. The molecule has 128 valence electrons. The highest BCUT2D eigenvalue weighted by molar-refractivity contribution is 6.14. The first-order valence-electron chi connectivity index (χ1n) is 8.46. The van der Waals surface area contributed by atoms with Crippen LogP contribution >= 0.6 is 0 Å². The molecule has 4 heteroatoms. The van der Waals surface area contributed by atoms with E-state index >= 15 is 0 Å². The summed E-state index contributed by atoms with van der Waals surface area (Å²) in [6.07, 6.45) is -0.664. The lowest BCUT2D eigenvalue weighted by Gasteiger charge is -2.35. The average Bonchev–Trinajstić information content (AvgIpc) is 3.01. The van der Waals surface area contributed by atoms with Gasteiger partial charge >= 0.3 is 0 Å². The molecule has 3 aromatic rings. The Bertz CT molecular complexity index is 1040. The molecule has 1 heterocycles. The van der Waals surface area contributed by atoms with Crippen LogP contribution in [0.25, 0.3) is 0 Å². The smallest absolute Gasteiger partial charge is 0.194 e. The Morgan fingerprint density at radius 3 is 2.35 bits per heavy atom. The first kappa shape index (κ1) is 15.2. The maximum Gasteiger partial charge on any atom is 0.194 e. The fraction of sp³-hybridized carbons (Fsp3) is 0.136. The highest BCUT2D eigenvalue weighted by atomic mass is 16.5. The monoisotopic (exact) mass is 344 g/mol.